The van der Waals surface area contributed by atoms with Crippen molar-refractivity contribution in [2.45, 2.75) is 103 Å². The van der Waals surface area contributed by atoms with Crippen molar-refractivity contribution >= 4 is 50.8 Å². The molecule has 0 atom stereocenters. The van der Waals surface area contributed by atoms with E-state index in [1.54, 1.807) is 42.6 Å². The van der Waals surface area contributed by atoms with Crippen LogP contribution < -0.4 is 19.2 Å². The number of aromatic nitrogens is 1. The highest BCUT2D eigenvalue weighted by molar-refractivity contribution is 7.22. The van der Waals surface area contributed by atoms with Gasteiger partial charge in [-0.1, -0.05) is 55.9 Å². The minimum atomic E-state index is -0.396. The predicted octanol–water partition coefficient (Wildman–Crippen LogP) is 10.8. The number of ether oxygens (including phenoxy) is 6. The standard InChI is InChI=1S/C50H63N3O9S/c1-4-12-36-15-17-37(18-16-36)40-23-28-45(41(33-40)34-51-53(35-58-32-31-57-3)50-52-44-13-8-9-14-46(44)63-50)62-49(56)39-21-19-38(20-22-39)48(55)61-43-26-24-42(25-27-43)59-29-10-6-7-11-30-60-47(54)5-2/h5,8-9,13-14,23-28,33-34,36-39H,2,4,6-7,10-12,15-22,29-32,35H2,1,3H3/b51-34+. The fourth-order valence-corrected chi connectivity index (χ4v) is 9.19. The van der Waals surface area contributed by atoms with Crippen molar-refractivity contribution in [1.29, 1.82) is 0 Å². The predicted molar refractivity (Wildman–Crippen MR) is 247 cm³/mol. The van der Waals surface area contributed by atoms with Gasteiger partial charge in [0.1, 0.15) is 24.0 Å². The van der Waals surface area contributed by atoms with E-state index in [1.165, 1.54) is 48.7 Å². The van der Waals surface area contributed by atoms with E-state index in [4.69, 9.17) is 38.5 Å². The molecule has 13 heteroatoms. The van der Waals surface area contributed by atoms with Crippen molar-refractivity contribution in [3.05, 3.63) is 90.5 Å². The van der Waals surface area contributed by atoms with Crippen LogP contribution in [0, 0.1) is 17.8 Å². The number of esters is 3. The van der Waals surface area contributed by atoms with Gasteiger partial charge < -0.3 is 28.4 Å². The molecule has 0 aliphatic heterocycles. The first kappa shape index (κ1) is 47.4. The summed E-state index contributed by atoms with van der Waals surface area (Å²) >= 11 is 1.53. The number of methoxy groups -OCH3 is 1. The third kappa shape index (κ3) is 14.7. The Morgan fingerprint density at radius 3 is 2.21 bits per heavy atom. The van der Waals surface area contributed by atoms with Crippen LogP contribution >= 0.6 is 11.3 Å². The number of carbonyl (C=O) groups is 3. The molecule has 0 spiro atoms. The first-order valence-corrected chi connectivity index (χ1v) is 23.5. The Balaban J connectivity index is 1.04. The third-order valence-electron chi connectivity index (χ3n) is 11.9. The smallest absolute Gasteiger partial charge is 0.330 e. The van der Waals surface area contributed by atoms with Gasteiger partial charge in [0, 0.05) is 18.7 Å². The Morgan fingerprint density at radius 2 is 1.51 bits per heavy atom. The summed E-state index contributed by atoms with van der Waals surface area (Å²) in [5.74, 6) is 1.19. The molecule has 1 heterocycles. The summed E-state index contributed by atoms with van der Waals surface area (Å²) in [5, 5.41) is 7.31. The number of thiazole rings is 1. The van der Waals surface area contributed by atoms with Crippen molar-refractivity contribution in [3.63, 3.8) is 0 Å². The summed E-state index contributed by atoms with van der Waals surface area (Å²) in [7, 11) is 1.64. The van der Waals surface area contributed by atoms with E-state index >= 15 is 0 Å². The van der Waals surface area contributed by atoms with Crippen LogP contribution in [0.15, 0.2) is 84.5 Å². The number of rotatable bonds is 24. The second-order valence-corrected chi connectivity index (χ2v) is 17.4. The molecule has 2 aliphatic carbocycles. The van der Waals surface area contributed by atoms with Crippen molar-refractivity contribution in [2.24, 2.45) is 22.9 Å². The molecule has 0 amide bonds. The largest absolute Gasteiger partial charge is 0.494 e. The quantitative estimate of drug-likeness (QED) is 0.0127. The van der Waals surface area contributed by atoms with E-state index in [0.717, 1.165) is 54.7 Å². The van der Waals surface area contributed by atoms with Gasteiger partial charge in [-0.2, -0.15) is 5.10 Å². The van der Waals surface area contributed by atoms with Gasteiger partial charge in [-0.15, -0.1) is 0 Å². The number of nitrogens with zero attached hydrogens (tertiary/aromatic N) is 3. The number of hydrazone groups is 1. The van der Waals surface area contributed by atoms with Crippen LogP contribution in [0.2, 0.25) is 0 Å². The Morgan fingerprint density at radius 1 is 0.810 bits per heavy atom. The minimum absolute atomic E-state index is 0.169. The maximum absolute atomic E-state index is 13.8. The fourth-order valence-electron chi connectivity index (χ4n) is 8.28. The average Bonchev–Trinajstić information content (AvgIpc) is 3.75. The fraction of sp³-hybridized carbons (Fsp3) is 0.500. The second-order valence-electron chi connectivity index (χ2n) is 16.4. The molecule has 2 aliphatic rings. The summed E-state index contributed by atoms with van der Waals surface area (Å²) in [6, 6.07) is 21.2. The maximum Gasteiger partial charge on any atom is 0.330 e. The number of fused-ring (bicyclic) bond motifs is 1. The molecule has 2 saturated carbocycles. The highest BCUT2D eigenvalue weighted by Crippen LogP contribution is 2.39. The Bertz CT molecular complexity index is 2050. The molecule has 0 unspecified atom stereocenters. The van der Waals surface area contributed by atoms with Gasteiger partial charge in [0.2, 0.25) is 5.13 Å². The number of benzene rings is 3. The summed E-state index contributed by atoms with van der Waals surface area (Å²) in [5.41, 5.74) is 2.83. The van der Waals surface area contributed by atoms with Gasteiger partial charge in [-0.05, 0) is 143 Å². The number of carbonyl (C=O) groups excluding carboxylic acids is 3. The topological polar surface area (TPSA) is 135 Å². The molecule has 6 rings (SSSR count). The molecular weight excluding hydrogens is 819 g/mol. The molecule has 0 radical (unpaired) electrons. The lowest BCUT2D eigenvalue weighted by Gasteiger charge is -2.29. The van der Waals surface area contributed by atoms with Crippen LogP contribution in [0.5, 0.6) is 17.2 Å². The van der Waals surface area contributed by atoms with E-state index in [9.17, 15) is 14.4 Å². The first-order valence-electron chi connectivity index (χ1n) is 22.7. The molecule has 1 aromatic heterocycles. The minimum Gasteiger partial charge on any atom is -0.494 e. The van der Waals surface area contributed by atoms with Gasteiger partial charge >= 0.3 is 17.9 Å². The molecule has 4 aromatic rings. The molecule has 12 nitrogen and oxygen atoms in total. The lowest BCUT2D eigenvalue weighted by atomic mass is 9.77. The number of hydrogen-bond donors (Lipinski definition) is 0. The lowest BCUT2D eigenvalue weighted by Crippen LogP contribution is -2.30. The summed E-state index contributed by atoms with van der Waals surface area (Å²) in [6.07, 6.45) is 15.8. The molecular formula is C50H63N3O9S. The monoisotopic (exact) mass is 881 g/mol. The van der Waals surface area contributed by atoms with Crippen LogP contribution in [0.4, 0.5) is 5.13 Å². The van der Waals surface area contributed by atoms with Gasteiger partial charge in [0.05, 0.1) is 54.7 Å². The van der Waals surface area contributed by atoms with Crippen LogP contribution in [-0.4, -0.2) is 69.4 Å². The number of unbranched alkanes of at least 4 members (excludes halogenated alkanes) is 3. The first-order chi connectivity index (χ1) is 30.8. The SMILES string of the molecule is C=CC(=O)OCCCCCCOc1ccc(OC(=O)C2CCC(C(=O)Oc3ccc(C4CCC(CCC)CC4)cc3/C=N/N(COCCOC)c3nc4ccccc4s3)CC2)cc1. The normalized spacial score (nSPS) is 18.8. The molecule has 0 N–H and O–H groups in total. The van der Waals surface area contributed by atoms with Crippen molar-refractivity contribution in [3.8, 4) is 17.2 Å². The van der Waals surface area contributed by atoms with E-state index in [-0.39, 0.29) is 30.5 Å². The van der Waals surface area contributed by atoms with Gasteiger partial charge in [-0.25, -0.2) is 14.8 Å². The summed E-state index contributed by atoms with van der Waals surface area (Å²) in [4.78, 5) is 42.9. The average molecular weight is 882 g/mol. The van der Waals surface area contributed by atoms with Crippen molar-refractivity contribution in [1.82, 2.24) is 4.98 Å². The zero-order valence-electron chi connectivity index (χ0n) is 36.9. The van der Waals surface area contributed by atoms with E-state index in [1.807, 2.05) is 30.3 Å². The summed E-state index contributed by atoms with van der Waals surface area (Å²) in [6.45, 7) is 7.64. The zero-order valence-corrected chi connectivity index (χ0v) is 37.7. The highest BCUT2D eigenvalue weighted by Gasteiger charge is 2.33. The zero-order chi connectivity index (χ0) is 44.2. The van der Waals surface area contributed by atoms with Crippen molar-refractivity contribution in [2.75, 3.05) is 45.3 Å². The van der Waals surface area contributed by atoms with Gasteiger partial charge in [0.15, 0.2) is 0 Å². The molecule has 0 saturated heterocycles. The Labute approximate surface area is 375 Å². The van der Waals surface area contributed by atoms with Gasteiger partial charge in [0.25, 0.3) is 0 Å². The van der Waals surface area contributed by atoms with Crippen molar-refractivity contribution < 1.29 is 42.8 Å². The van der Waals surface area contributed by atoms with Crippen LogP contribution in [0.1, 0.15) is 114 Å². The highest BCUT2D eigenvalue weighted by atomic mass is 32.1. The molecule has 0 bridgehead atoms. The third-order valence-corrected chi connectivity index (χ3v) is 12.9. The van der Waals surface area contributed by atoms with E-state index < -0.39 is 5.97 Å². The number of para-hydroxylation sites is 1. The van der Waals surface area contributed by atoms with Crippen LogP contribution in [-0.2, 0) is 28.6 Å². The molecule has 63 heavy (non-hydrogen) atoms. The van der Waals surface area contributed by atoms with Crippen LogP contribution in [0.3, 0.4) is 0 Å². The van der Waals surface area contributed by atoms with Crippen LogP contribution in [0.25, 0.3) is 10.2 Å². The number of anilines is 1. The second kappa shape index (κ2) is 25.3. The Hall–Kier alpha value is -5.11. The molecule has 3 aromatic carbocycles. The van der Waals surface area contributed by atoms with E-state index in [0.29, 0.717) is 86.0 Å². The van der Waals surface area contributed by atoms with E-state index in [2.05, 4.69) is 25.6 Å². The number of hydrogen-bond acceptors (Lipinski definition) is 13. The maximum atomic E-state index is 13.8. The summed E-state index contributed by atoms with van der Waals surface area (Å²) < 4.78 is 34.9. The Kier molecular flexibility index (Phi) is 19.0. The molecule has 338 valence electrons. The molecule has 2 fully saturated rings. The van der Waals surface area contributed by atoms with Gasteiger partial charge in [-0.3, -0.25) is 9.59 Å². The lowest BCUT2D eigenvalue weighted by molar-refractivity contribution is -0.145.